The molecule has 1 aromatic heterocycles. The van der Waals surface area contributed by atoms with Crippen LogP contribution >= 0.6 is 23.5 Å². The fourth-order valence-electron chi connectivity index (χ4n) is 5.43. The van der Waals surface area contributed by atoms with Crippen molar-refractivity contribution < 1.29 is 38.7 Å². The standard InChI is InChI=1S/C36H48N8O8S2/c1-53-14-12-24(37)33(49)40-20-30(45)41-28(17-22-19-39-25-11-7-6-10-23(22)25)35(51)42-26(13-15-54-2)34(50)44-29(18-31(46)47)36(52)43-27(32(38)48)16-21-8-4-3-5-9-21/h3-11,19,24,26-29,39H,12-18,20,37H2,1-2H3,(H2,38,48)(H,40,49)(H,41,45)(H,42,51)(H,43,52)(H,44,50)(H,46,47). The Balaban J connectivity index is 1.80. The first-order valence-electron chi connectivity index (χ1n) is 17.1. The molecular formula is C36H48N8O8S2. The number of para-hydroxylation sites is 1. The van der Waals surface area contributed by atoms with Crippen LogP contribution in [0.2, 0.25) is 0 Å². The average molecular weight is 785 g/mol. The lowest BCUT2D eigenvalue weighted by Gasteiger charge is -2.26. The second-order valence-electron chi connectivity index (χ2n) is 12.4. The lowest BCUT2D eigenvalue weighted by Crippen LogP contribution is -2.59. The third-order valence-corrected chi connectivity index (χ3v) is 9.63. The fraction of sp³-hybridized carbons (Fsp3) is 0.417. The molecule has 0 aliphatic heterocycles. The number of aromatic amines is 1. The zero-order valence-corrected chi connectivity index (χ0v) is 31.7. The van der Waals surface area contributed by atoms with E-state index in [0.717, 1.165) is 10.9 Å². The molecule has 0 bridgehead atoms. The Bertz CT molecular complexity index is 1760. The van der Waals surface area contributed by atoms with Crippen LogP contribution in [-0.4, -0.2) is 112 Å². The van der Waals surface area contributed by atoms with Gasteiger partial charge in [0.25, 0.3) is 0 Å². The summed E-state index contributed by atoms with van der Waals surface area (Å²) in [4.78, 5) is 93.6. The second-order valence-corrected chi connectivity index (χ2v) is 14.4. The molecule has 5 unspecified atom stereocenters. The summed E-state index contributed by atoms with van der Waals surface area (Å²) in [6, 6.07) is 9.93. The molecule has 3 rings (SSSR count). The van der Waals surface area contributed by atoms with Gasteiger partial charge >= 0.3 is 5.97 Å². The smallest absolute Gasteiger partial charge is 0.305 e. The Morgan fingerprint density at radius 1 is 0.722 bits per heavy atom. The summed E-state index contributed by atoms with van der Waals surface area (Å²) in [5.74, 6) is -4.98. The molecule has 292 valence electrons. The van der Waals surface area contributed by atoms with Crippen LogP contribution in [0.4, 0.5) is 0 Å². The van der Waals surface area contributed by atoms with Gasteiger partial charge in [-0.15, -0.1) is 0 Å². The number of nitrogens with one attached hydrogen (secondary N) is 6. The SMILES string of the molecule is CSCCC(N)C(=O)NCC(=O)NC(Cc1c[nH]c2ccccc12)C(=O)NC(CCSC)C(=O)NC(CC(=O)O)C(=O)NC(Cc1ccccc1)C(N)=O. The number of thioether (sulfide) groups is 2. The third kappa shape index (κ3) is 14.1. The van der Waals surface area contributed by atoms with Crippen molar-refractivity contribution in [1.29, 1.82) is 0 Å². The molecule has 0 fully saturated rings. The highest BCUT2D eigenvalue weighted by Crippen LogP contribution is 2.19. The van der Waals surface area contributed by atoms with Gasteiger partial charge in [0.2, 0.25) is 35.4 Å². The number of aliphatic carboxylic acids is 1. The minimum Gasteiger partial charge on any atom is -0.481 e. The number of benzene rings is 2. The molecule has 6 amide bonds. The van der Waals surface area contributed by atoms with Gasteiger partial charge in [0.05, 0.1) is 19.0 Å². The van der Waals surface area contributed by atoms with E-state index in [9.17, 15) is 38.7 Å². The summed E-state index contributed by atoms with van der Waals surface area (Å²) in [6.45, 7) is -0.456. The summed E-state index contributed by atoms with van der Waals surface area (Å²) in [5.41, 5.74) is 13.6. The number of amides is 6. The molecule has 16 nitrogen and oxygen atoms in total. The number of primary amides is 1. The van der Waals surface area contributed by atoms with Gasteiger partial charge in [-0.1, -0.05) is 48.5 Å². The number of carbonyl (C=O) groups is 7. The van der Waals surface area contributed by atoms with Crippen molar-refractivity contribution in [2.75, 3.05) is 30.6 Å². The number of nitrogens with two attached hydrogens (primary N) is 2. The molecular weight excluding hydrogens is 737 g/mol. The van der Waals surface area contributed by atoms with E-state index < -0.39 is 84.6 Å². The van der Waals surface area contributed by atoms with Gasteiger partial charge in [0.15, 0.2) is 0 Å². The minimum absolute atomic E-state index is 0.000395. The first kappa shape index (κ1) is 43.3. The van der Waals surface area contributed by atoms with Gasteiger partial charge in [0.1, 0.15) is 24.2 Å². The summed E-state index contributed by atoms with van der Waals surface area (Å²) in [7, 11) is 0. The highest BCUT2D eigenvalue weighted by Gasteiger charge is 2.32. The first-order chi connectivity index (χ1) is 25.8. The van der Waals surface area contributed by atoms with Crippen LogP contribution in [-0.2, 0) is 46.4 Å². The number of hydrogen-bond donors (Lipinski definition) is 9. The van der Waals surface area contributed by atoms with Crippen LogP contribution in [0.5, 0.6) is 0 Å². The zero-order valence-electron chi connectivity index (χ0n) is 30.1. The molecule has 2 aromatic carbocycles. The van der Waals surface area contributed by atoms with Crippen LogP contribution in [0, 0.1) is 0 Å². The summed E-state index contributed by atoms with van der Waals surface area (Å²) >= 11 is 2.91. The second kappa shape index (κ2) is 22.2. The maximum absolute atomic E-state index is 13.9. The van der Waals surface area contributed by atoms with Crippen LogP contribution in [0.1, 0.15) is 30.4 Å². The number of carbonyl (C=O) groups excluding carboxylic acids is 6. The number of H-pyrrole nitrogens is 1. The van der Waals surface area contributed by atoms with Crippen molar-refractivity contribution in [3.8, 4) is 0 Å². The normalized spacial score (nSPS) is 13.8. The summed E-state index contributed by atoms with van der Waals surface area (Å²) in [5, 5.41) is 23.0. The van der Waals surface area contributed by atoms with Gasteiger partial charge in [-0.3, -0.25) is 33.6 Å². The number of carboxylic acids is 1. The molecule has 3 aromatic rings. The molecule has 0 saturated carbocycles. The van der Waals surface area contributed by atoms with E-state index in [1.807, 2.05) is 30.5 Å². The molecule has 0 aliphatic carbocycles. The number of aromatic nitrogens is 1. The van der Waals surface area contributed by atoms with Crippen molar-refractivity contribution in [2.24, 2.45) is 11.5 Å². The lowest BCUT2D eigenvalue weighted by atomic mass is 10.0. The lowest BCUT2D eigenvalue weighted by molar-refractivity contribution is -0.141. The predicted octanol–water partition coefficient (Wildman–Crippen LogP) is -0.198. The molecule has 54 heavy (non-hydrogen) atoms. The van der Waals surface area contributed by atoms with Crippen molar-refractivity contribution in [2.45, 2.75) is 62.3 Å². The van der Waals surface area contributed by atoms with Crippen molar-refractivity contribution in [1.82, 2.24) is 31.6 Å². The van der Waals surface area contributed by atoms with E-state index in [4.69, 9.17) is 11.5 Å². The Kier molecular flexibility index (Phi) is 17.8. The summed E-state index contributed by atoms with van der Waals surface area (Å²) < 4.78 is 0. The van der Waals surface area contributed by atoms with Crippen LogP contribution in [0.15, 0.2) is 60.8 Å². The highest BCUT2D eigenvalue weighted by atomic mass is 32.2. The molecule has 0 saturated heterocycles. The molecule has 0 spiro atoms. The number of fused-ring (bicyclic) bond motifs is 1. The molecule has 18 heteroatoms. The van der Waals surface area contributed by atoms with Crippen molar-refractivity contribution >= 4 is 75.8 Å². The Hall–Kier alpha value is -5.07. The van der Waals surface area contributed by atoms with Crippen molar-refractivity contribution in [3.05, 3.63) is 71.9 Å². The van der Waals surface area contributed by atoms with Gasteiger partial charge in [-0.05, 0) is 54.1 Å². The minimum atomic E-state index is -1.63. The molecule has 1 heterocycles. The van der Waals surface area contributed by atoms with E-state index in [1.165, 1.54) is 23.5 Å². The molecule has 0 aliphatic rings. The van der Waals surface area contributed by atoms with E-state index in [-0.39, 0.29) is 19.3 Å². The van der Waals surface area contributed by atoms with Crippen molar-refractivity contribution in [3.63, 3.8) is 0 Å². The van der Waals surface area contributed by atoms with E-state index in [2.05, 4.69) is 31.6 Å². The number of rotatable bonds is 23. The number of carboxylic acid groups (broad SMARTS) is 1. The number of hydrogen-bond acceptors (Lipinski definition) is 10. The maximum atomic E-state index is 13.9. The van der Waals surface area contributed by atoms with Crippen LogP contribution in [0.3, 0.4) is 0 Å². The van der Waals surface area contributed by atoms with E-state index in [0.29, 0.717) is 29.1 Å². The van der Waals surface area contributed by atoms with Gasteiger partial charge in [-0.2, -0.15) is 23.5 Å². The van der Waals surface area contributed by atoms with Crippen LogP contribution in [0.25, 0.3) is 10.9 Å². The topological polar surface area (TPSA) is 268 Å². The largest absolute Gasteiger partial charge is 0.481 e. The zero-order chi connectivity index (χ0) is 39.6. The maximum Gasteiger partial charge on any atom is 0.305 e. The van der Waals surface area contributed by atoms with Gasteiger partial charge in [-0.25, -0.2) is 0 Å². The molecule has 0 radical (unpaired) electrons. The van der Waals surface area contributed by atoms with Gasteiger partial charge in [0, 0.05) is 29.9 Å². The van der Waals surface area contributed by atoms with Crippen LogP contribution < -0.4 is 38.1 Å². The van der Waals surface area contributed by atoms with Gasteiger partial charge < -0.3 is 48.1 Å². The van der Waals surface area contributed by atoms with E-state index in [1.54, 1.807) is 42.8 Å². The monoisotopic (exact) mass is 784 g/mol. The Morgan fingerprint density at radius 3 is 1.98 bits per heavy atom. The Morgan fingerprint density at radius 2 is 1.31 bits per heavy atom. The average Bonchev–Trinajstić information content (AvgIpc) is 3.56. The summed E-state index contributed by atoms with van der Waals surface area (Å²) in [6.07, 6.45) is 5.06. The Labute approximate surface area is 321 Å². The quantitative estimate of drug-likeness (QED) is 0.0608. The molecule has 11 N–H and O–H groups in total. The first-order valence-corrected chi connectivity index (χ1v) is 19.9. The predicted molar refractivity (Wildman–Crippen MR) is 208 cm³/mol. The highest BCUT2D eigenvalue weighted by molar-refractivity contribution is 7.98. The fourth-order valence-corrected chi connectivity index (χ4v) is 6.39. The van der Waals surface area contributed by atoms with E-state index >= 15 is 0 Å². The molecule has 5 atom stereocenters. The third-order valence-electron chi connectivity index (χ3n) is 8.34.